The van der Waals surface area contributed by atoms with E-state index in [1.165, 1.54) is 32.8 Å². The van der Waals surface area contributed by atoms with E-state index in [4.69, 9.17) is 14.2 Å². The molecule has 9 unspecified atom stereocenters. The average molecular weight is 549 g/mol. The van der Waals surface area contributed by atoms with Gasteiger partial charge in [0.15, 0.2) is 0 Å². The number of carbonyl (C=O) groups excluding carboxylic acids is 4. The van der Waals surface area contributed by atoms with Crippen molar-refractivity contribution in [1.29, 1.82) is 0 Å². The van der Waals surface area contributed by atoms with E-state index in [9.17, 15) is 19.2 Å². The highest BCUT2D eigenvalue weighted by atomic mass is 16.6. The average Bonchev–Trinajstić information content (AvgIpc) is 3.74. The number of carbonyl (C=O) groups is 4. The van der Waals surface area contributed by atoms with Gasteiger partial charge in [-0.3, -0.25) is 19.2 Å². The molecule has 6 rings (SSSR count). The third-order valence-electron chi connectivity index (χ3n) is 10.9. The fourth-order valence-electron chi connectivity index (χ4n) is 8.00. The number of esters is 4. The standard InChI is InChI=1S/C14H18O2.C10H16O4.C7H14O2/c15-14-13-9-4-8(10(13)5-16-14)11-6-1-2-7(3-6)12(9)11;1-4-10(2,3)9(12)14-7-5-8(11)13-6-7;1-5-7(2,3)6(8)9-4/h6-13H,1-5H2;7H,4-6H2,1-3H3;5H2,1-4H3. The van der Waals surface area contributed by atoms with Gasteiger partial charge in [0, 0.05) is 5.92 Å². The number of hydrogen-bond acceptors (Lipinski definition) is 8. The van der Waals surface area contributed by atoms with Gasteiger partial charge in [0.25, 0.3) is 0 Å². The number of methoxy groups -OCH3 is 1. The van der Waals surface area contributed by atoms with Crippen LogP contribution in [0, 0.1) is 58.2 Å². The first kappa shape index (κ1) is 29.9. The van der Waals surface area contributed by atoms with Crippen LogP contribution in [0.1, 0.15) is 86.5 Å². The predicted octanol–water partition coefficient (Wildman–Crippen LogP) is 4.96. The summed E-state index contributed by atoms with van der Waals surface area (Å²) in [7, 11) is 1.42. The van der Waals surface area contributed by atoms with E-state index in [0.29, 0.717) is 18.3 Å². The van der Waals surface area contributed by atoms with Gasteiger partial charge in [0.1, 0.15) is 12.7 Å². The van der Waals surface area contributed by atoms with Crippen molar-refractivity contribution in [1.82, 2.24) is 0 Å². The van der Waals surface area contributed by atoms with Crippen LogP contribution in [0.5, 0.6) is 0 Å². The first-order valence-corrected chi connectivity index (χ1v) is 15.0. The molecule has 220 valence electrons. The zero-order valence-electron chi connectivity index (χ0n) is 24.8. The lowest BCUT2D eigenvalue weighted by Crippen LogP contribution is -2.38. The minimum atomic E-state index is -0.481. The maximum atomic E-state index is 11.8. The van der Waals surface area contributed by atoms with Crippen molar-refractivity contribution < 1.29 is 38.1 Å². The Morgan fingerprint density at radius 3 is 1.92 bits per heavy atom. The summed E-state index contributed by atoms with van der Waals surface area (Å²) < 4.78 is 19.7. The van der Waals surface area contributed by atoms with Gasteiger partial charge in [0.2, 0.25) is 0 Å². The van der Waals surface area contributed by atoms with E-state index in [1.54, 1.807) is 0 Å². The predicted molar refractivity (Wildman–Crippen MR) is 143 cm³/mol. The topological polar surface area (TPSA) is 105 Å². The maximum Gasteiger partial charge on any atom is 0.311 e. The molecule has 0 aromatic heterocycles. The van der Waals surface area contributed by atoms with Crippen LogP contribution in [-0.4, -0.2) is 50.3 Å². The van der Waals surface area contributed by atoms with Gasteiger partial charge in [-0.15, -0.1) is 0 Å². The normalized spacial score (nSPS) is 37.1. The number of ether oxygens (including phenoxy) is 4. The van der Waals surface area contributed by atoms with E-state index >= 15 is 0 Å². The Balaban J connectivity index is 0.000000142. The molecule has 4 saturated carbocycles. The summed E-state index contributed by atoms with van der Waals surface area (Å²) in [5, 5.41) is 0. The fourth-order valence-corrected chi connectivity index (χ4v) is 8.00. The molecule has 2 saturated heterocycles. The van der Waals surface area contributed by atoms with E-state index in [1.807, 2.05) is 41.5 Å². The molecule has 0 spiro atoms. The molecular formula is C31H48O8. The smallest absolute Gasteiger partial charge is 0.311 e. The third-order valence-corrected chi connectivity index (χ3v) is 10.9. The van der Waals surface area contributed by atoms with Gasteiger partial charge in [-0.1, -0.05) is 13.8 Å². The molecule has 4 aliphatic carbocycles. The Morgan fingerprint density at radius 2 is 1.41 bits per heavy atom. The van der Waals surface area contributed by atoms with Crippen molar-refractivity contribution in [3.8, 4) is 0 Å². The lowest BCUT2D eigenvalue weighted by atomic mass is 9.64. The molecule has 4 bridgehead atoms. The molecule has 8 heteroatoms. The second-order valence-electron chi connectivity index (χ2n) is 13.8. The Kier molecular flexibility index (Phi) is 8.73. The zero-order valence-corrected chi connectivity index (χ0v) is 24.8. The van der Waals surface area contributed by atoms with Gasteiger partial charge in [-0.2, -0.15) is 0 Å². The summed E-state index contributed by atoms with van der Waals surface area (Å²) in [6.07, 6.45) is 7.14. The molecule has 6 fully saturated rings. The van der Waals surface area contributed by atoms with Crippen molar-refractivity contribution in [3.05, 3.63) is 0 Å². The summed E-state index contributed by atoms with van der Waals surface area (Å²) in [5.41, 5.74) is -0.791. The quantitative estimate of drug-likeness (QED) is 0.270. The molecule has 0 aromatic carbocycles. The van der Waals surface area contributed by atoms with Gasteiger partial charge in [-0.25, -0.2) is 0 Å². The van der Waals surface area contributed by atoms with Crippen molar-refractivity contribution in [2.45, 2.75) is 92.6 Å². The molecule has 39 heavy (non-hydrogen) atoms. The zero-order chi connectivity index (χ0) is 28.7. The van der Waals surface area contributed by atoms with E-state index in [-0.39, 0.29) is 48.4 Å². The Labute approximate surface area is 233 Å². The molecule has 6 aliphatic rings. The summed E-state index contributed by atoms with van der Waals surface area (Å²) in [5.74, 6) is 5.94. The monoisotopic (exact) mass is 548 g/mol. The van der Waals surface area contributed by atoms with Crippen LogP contribution in [0.3, 0.4) is 0 Å². The summed E-state index contributed by atoms with van der Waals surface area (Å²) >= 11 is 0. The van der Waals surface area contributed by atoms with Crippen LogP contribution < -0.4 is 0 Å². The highest BCUT2D eigenvalue weighted by Gasteiger charge is 2.68. The summed E-state index contributed by atoms with van der Waals surface area (Å²) in [4.78, 5) is 45.0. The lowest BCUT2D eigenvalue weighted by molar-refractivity contribution is -0.159. The molecule has 2 heterocycles. The fraction of sp³-hybridized carbons (Fsp3) is 0.871. The van der Waals surface area contributed by atoms with Crippen LogP contribution in [0.25, 0.3) is 0 Å². The van der Waals surface area contributed by atoms with Crippen molar-refractivity contribution in [2.75, 3.05) is 20.3 Å². The molecule has 0 amide bonds. The molecule has 0 N–H and O–H groups in total. The van der Waals surface area contributed by atoms with E-state index in [0.717, 1.165) is 48.5 Å². The van der Waals surface area contributed by atoms with Gasteiger partial charge >= 0.3 is 23.9 Å². The maximum absolute atomic E-state index is 11.8. The highest BCUT2D eigenvalue weighted by Crippen LogP contribution is 2.71. The number of cyclic esters (lactones) is 2. The van der Waals surface area contributed by atoms with Gasteiger partial charge in [-0.05, 0) is 102 Å². The van der Waals surface area contributed by atoms with Crippen LogP contribution in [-0.2, 0) is 38.1 Å². The highest BCUT2D eigenvalue weighted by molar-refractivity contribution is 5.78. The SMILES string of the molecule is CCC(C)(C)C(=O)OC.CCC(C)(C)C(=O)OC1COC(=O)C1.O=C1OCC2C3CC(C12)C1C2CCC(C2)C31. The van der Waals surface area contributed by atoms with E-state index in [2.05, 4.69) is 4.74 Å². The summed E-state index contributed by atoms with van der Waals surface area (Å²) in [6, 6.07) is 0. The molecule has 8 nitrogen and oxygen atoms in total. The Bertz CT molecular complexity index is 954. The first-order valence-electron chi connectivity index (χ1n) is 15.0. The Hall–Kier alpha value is -2.12. The second-order valence-corrected chi connectivity index (χ2v) is 13.8. The van der Waals surface area contributed by atoms with Crippen LogP contribution >= 0.6 is 0 Å². The van der Waals surface area contributed by atoms with Crippen LogP contribution in [0.2, 0.25) is 0 Å². The van der Waals surface area contributed by atoms with Crippen molar-refractivity contribution in [3.63, 3.8) is 0 Å². The lowest BCUT2D eigenvalue weighted by Gasteiger charge is -2.38. The largest absolute Gasteiger partial charge is 0.469 e. The van der Waals surface area contributed by atoms with Crippen LogP contribution in [0.15, 0.2) is 0 Å². The van der Waals surface area contributed by atoms with Gasteiger partial charge in [0.05, 0.1) is 36.9 Å². The van der Waals surface area contributed by atoms with Crippen LogP contribution in [0.4, 0.5) is 0 Å². The van der Waals surface area contributed by atoms with Crippen molar-refractivity contribution >= 4 is 23.9 Å². The Morgan fingerprint density at radius 1 is 0.821 bits per heavy atom. The van der Waals surface area contributed by atoms with Crippen molar-refractivity contribution in [2.24, 2.45) is 58.2 Å². The number of fused-ring (bicyclic) bond motifs is 12. The molecule has 9 atom stereocenters. The number of hydrogen-bond donors (Lipinski definition) is 0. The van der Waals surface area contributed by atoms with E-state index < -0.39 is 5.41 Å². The number of rotatable bonds is 5. The minimum absolute atomic E-state index is 0.134. The first-order chi connectivity index (χ1) is 18.3. The third kappa shape index (κ3) is 5.72. The molecule has 2 aliphatic heterocycles. The molecular weight excluding hydrogens is 500 g/mol. The molecule has 0 radical (unpaired) electrons. The molecule has 0 aromatic rings. The second kappa shape index (κ2) is 11.4. The summed E-state index contributed by atoms with van der Waals surface area (Å²) in [6.45, 7) is 12.3. The minimum Gasteiger partial charge on any atom is -0.469 e. The van der Waals surface area contributed by atoms with Gasteiger partial charge < -0.3 is 18.9 Å².